The fraction of sp³-hybridized carbons (Fsp3) is 0.556. The number of carbonyl (C=O) groups is 1. The van der Waals surface area contributed by atoms with Crippen LogP contribution >= 0.6 is 0 Å². The molecule has 1 amide bonds. The van der Waals surface area contributed by atoms with Gasteiger partial charge in [-0.3, -0.25) is 4.79 Å². The maximum absolute atomic E-state index is 12.7. The lowest BCUT2D eigenvalue weighted by molar-refractivity contribution is 0.0772. The minimum absolute atomic E-state index is 0.0675. The largest absolute Gasteiger partial charge is 0.383 e. The van der Waals surface area contributed by atoms with Crippen LogP contribution in [-0.4, -0.2) is 72.2 Å². The second-order valence-electron chi connectivity index (χ2n) is 6.69. The maximum atomic E-state index is 12.7. The molecular weight excluding hydrogens is 304 g/mol. The second-order valence-corrected chi connectivity index (χ2v) is 6.69. The minimum Gasteiger partial charge on any atom is -0.383 e. The summed E-state index contributed by atoms with van der Waals surface area (Å²) in [6, 6.07) is 5.74. The van der Waals surface area contributed by atoms with Crippen molar-refractivity contribution in [3.63, 3.8) is 0 Å². The van der Waals surface area contributed by atoms with Gasteiger partial charge in [0, 0.05) is 46.4 Å². The van der Waals surface area contributed by atoms with Gasteiger partial charge in [-0.1, -0.05) is 0 Å². The lowest BCUT2D eigenvalue weighted by atomic mass is 10.1. The predicted octanol–water partition coefficient (Wildman–Crippen LogP) is 1.61. The highest BCUT2D eigenvalue weighted by atomic mass is 16.5. The van der Waals surface area contributed by atoms with Crippen LogP contribution in [0.3, 0.4) is 0 Å². The van der Waals surface area contributed by atoms with Crippen LogP contribution in [0, 0.1) is 5.92 Å². The first kappa shape index (κ1) is 16.9. The molecule has 130 valence electrons. The number of fused-ring (bicyclic) bond motifs is 1. The van der Waals surface area contributed by atoms with Gasteiger partial charge in [0.25, 0.3) is 5.91 Å². The third-order valence-corrected chi connectivity index (χ3v) is 4.83. The van der Waals surface area contributed by atoms with Gasteiger partial charge in [0.15, 0.2) is 0 Å². The molecule has 6 nitrogen and oxygen atoms in total. The fourth-order valence-electron chi connectivity index (χ4n) is 3.45. The molecule has 3 rings (SSSR count). The first-order chi connectivity index (χ1) is 11.6. The van der Waals surface area contributed by atoms with Crippen molar-refractivity contribution < 1.29 is 9.53 Å². The Morgan fingerprint density at radius 1 is 1.46 bits per heavy atom. The lowest BCUT2D eigenvalue weighted by Gasteiger charge is -2.22. The molecule has 2 heterocycles. The van der Waals surface area contributed by atoms with Crippen LogP contribution in [0.4, 0.5) is 0 Å². The van der Waals surface area contributed by atoms with E-state index in [1.54, 1.807) is 13.4 Å². The molecule has 0 spiro atoms. The smallest absolute Gasteiger partial charge is 0.253 e. The number of hydrogen-bond acceptors (Lipinski definition) is 4. The zero-order chi connectivity index (χ0) is 17.1. The topological polar surface area (TPSA) is 50.6 Å². The third-order valence-electron chi connectivity index (χ3n) is 4.83. The van der Waals surface area contributed by atoms with Crippen LogP contribution in [0.25, 0.3) is 11.0 Å². The number of aryl methyl sites for hydroxylation is 1. The molecule has 1 aromatic carbocycles. The van der Waals surface area contributed by atoms with E-state index in [1.807, 2.05) is 41.8 Å². The van der Waals surface area contributed by atoms with E-state index in [2.05, 4.69) is 9.88 Å². The van der Waals surface area contributed by atoms with Gasteiger partial charge >= 0.3 is 0 Å². The molecule has 1 aromatic heterocycles. The van der Waals surface area contributed by atoms with Crippen LogP contribution in [0.5, 0.6) is 0 Å². The number of amides is 1. The van der Waals surface area contributed by atoms with E-state index in [9.17, 15) is 4.79 Å². The Morgan fingerprint density at radius 2 is 2.29 bits per heavy atom. The van der Waals surface area contributed by atoms with Crippen molar-refractivity contribution in [1.82, 2.24) is 19.4 Å². The third kappa shape index (κ3) is 3.60. The van der Waals surface area contributed by atoms with Gasteiger partial charge in [0.05, 0.1) is 24.0 Å². The Morgan fingerprint density at radius 3 is 3.08 bits per heavy atom. The number of imidazole rings is 1. The highest BCUT2D eigenvalue weighted by Crippen LogP contribution is 2.19. The normalized spacial score (nSPS) is 18.4. The van der Waals surface area contributed by atoms with Crippen LogP contribution in [0.15, 0.2) is 24.5 Å². The number of likely N-dealkylation sites (tertiary alicyclic amines) is 1. The molecule has 1 saturated heterocycles. The van der Waals surface area contributed by atoms with E-state index >= 15 is 0 Å². The van der Waals surface area contributed by atoms with Crippen molar-refractivity contribution in [2.24, 2.45) is 13.0 Å². The van der Waals surface area contributed by atoms with E-state index in [4.69, 9.17) is 4.74 Å². The summed E-state index contributed by atoms with van der Waals surface area (Å²) in [6.07, 6.45) is 2.91. The molecule has 1 aliphatic rings. The molecular formula is C18H26N4O2. The van der Waals surface area contributed by atoms with E-state index in [-0.39, 0.29) is 5.91 Å². The van der Waals surface area contributed by atoms with Crippen molar-refractivity contribution >= 4 is 16.9 Å². The first-order valence-electron chi connectivity index (χ1n) is 8.46. The van der Waals surface area contributed by atoms with Crippen molar-refractivity contribution in [2.75, 3.05) is 46.9 Å². The molecule has 24 heavy (non-hydrogen) atoms. The summed E-state index contributed by atoms with van der Waals surface area (Å²) in [4.78, 5) is 21.3. The minimum atomic E-state index is 0.0675. The standard InChI is InChI=1S/C18H26N4O2/c1-20(11-14-6-7-22(12-14)8-9-24-3)18(23)15-4-5-17-16(10-15)19-13-21(17)2/h4-5,10,13-14H,6-9,11-12H2,1-3H3/t14-/m1/s1. The summed E-state index contributed by atoms with van der Waals surface area (Å²) in [5.74, 6) is 0.604. The van der Waals surface area contributed by atoms with Crippen LogP contribution < -0.4 is 0 Å². The lowest BCUT2D eigenvalue weighted by Crippen LogP contribution is -2.33. The van der Waals surface area contributed by atoms with Crippen LogP contribution in [0.2, 0.25) is 0 Å². The number of nitrogens with zero attached hydrogens (tertiary/aromatic N) is 4. The molecule has 2 aromatic rings. The number of methoxy groups -OCH3 is 1. The number of carbonyl (C=O) groups excluding carboxylic acids is 1. The summed E-state index contributed by atoms with van der Waals surface area (Å²) in [5, 5.41) is 0. The highest BCUT2D eigenvalue weighted by Gasteiger charge is 2.25. The van der Waals surface area contributed by atoms with Crippen LogP contribution in [0.1, 0.15) is 16.8 Å². The Labute approximate surface area is 143 Å². The Bertz CT molecular complexity index is 712. The fourth-order valence-corrected chi connectivity index (χ4v) is 3.45. The van der Waals surface area contributed by atoms with Crippen molar-refractivity contribution in [3.8, 4) is 0 Å². The summed E-state index contributed by atoms with van der Waals surface area (Å²) >= 11 is 0. The molecule has 0 bridgehead atoms. The van der Waals surface area contributed by atoms with Gasteiger partial charge < -0.3 is 19.1 Å². The zero-order valence-electron chi connectivity index (χ0n) is 14.7. The second kappa shape index (κ2) is 7.32. The number of aromatic nitrogens is 2. The molecule has 1 atom stereocenters. The monoisotopic (exact) mass is 330 g/mol. The van der Waals surface area contributed by atoms with Crippen molar-refractivity contribution in [1.29, 1.82) is 0 Å². The van der Waals surface area contributed by atoms with E-state index in [0.29, 0.717) is 11.5 Å². The molecule has 0 radical (unpaired) electrons. The molecule has 0 unspecified atom stereocenters. The van der Waals surface area contributed by atoms with Crippen molar-refractivity contribution in [2.45, 2.75) is 6.42 Å². The van der Waals surface area contributed by atoms with Crippen LogP contribution in [-0.2, 0) is 11.8 Å². The number of benzene rings is 1. The average Bonchev–Trinajstić information content (AvgIpc) is 3.18. The Balaban J connectivity index is 1.60. The van der Waals surface area contributed by atoms with E-state index < -0.39 is 0 Å². The summed E-state index contributed by atoms with van der Waals surface area (Å²) in [5.41, 5.74) is 2.61. The molecule has 1 fully saturated rings. The number of rotatable bonds is 6. The highest BCUT2D eigenvalue weighted by molar-refractivity contribution is 5.97. The molecule has 0 saturated carbocycles. The quantitative estimate of drug-likeness (QED) is 0.807. The number of ether oxygens (including phenoxy) is 1. The average molecular weight is 330 g/mol. The summed E-state index contributed by atoms with van der Waals surface area (Å²) in [6.45, 7) is 4.67. The first-order valence-corrected chi connectivity index (χ1v) is 8.46. The van der Waals surface area contributed by atoms with Gasteiger partial charge in [-0.05, 0) is 37.1 Å². The van der Waals surface area contributed by atoms with Gasteiger partial charge in [0.2, 0.25) is 0 Å². The number of hydrogen-bond donors (Lipinski definition) is 0. The van der Waals surface area contributed by atoms with Gasteiger partial charge in [-0.2, -0.15) is 0 Å². The van der Waals surface area contributed by atoms with Gasteiger partial charge in [-0.15, -0.1) is 0 Å². The Kier molecular flexibility index (Phi) is 5.16. The Hall–Kier alpha value is -1.92. The maximum Gasteiger partial charge on any atom is 0.253 e. The molecule has 0 N–H and O–H groups in total. The van der Waals surface area contributed by atoms with Gasteiger partial charge in [0.1, 0.15) is 0 Å². The SMILES string of the molecule is COCCN1CC[C@H](CN(C)C(=O)c2ccc3c(c2)ncn3C)C1. The summed E-state index contributed by atoms with van der Waals surface area (Å²) in [7, 11) is 5.58. The van der Waals surface area contributed by atoms with E-state index in [0.717, 1.165) is 50.2 Å². The predicted molar refractivity (Wildman–Crippen MR) is 94.1 cm³/mol. The molecule has 0 aliphatic carbocycles. The van der Waals surface area contributed by atoms with E-state index in [1.165, 1.54) is 0 Å². The van der Waals surface area contributed by atoms with Gasteiger partial charge in [-0.25, -0.2) is 4.98 Å². The van der Waals surface area contributed by atoms with Crippen molar-refractivity contribution in [3.05, 3.63) is 30.1 Å². The molecule has 6 heteroatoms. The zero-order valence-corrected chi connectivity index (χ0v) is 14.7. The molecule has 1 aliphatic heterocycles. The summed E-state index contributed by atoms with van der Waals surface area (Å²) < 4.78 is 7.10.